The Hall–Kier alpha value is -3.02. The van der Waals surface area contributed by atoms with Gasteiger partial charge in [0.05, 0.1) is 23.1 Å². The Morgan fingerprint density at radius 2 is 1.80 bits per heavy atom. The molecule has 224 valence electrons. The van der Waals surface area contributed by atoms with Crippen molar-refractivity contribution >= 4 is 17.4 Å². The van der Waals surface area contributed by atoms with Crippen molar-refractivity contribution in [1.82, 2.24) is 9.80 Å². The maximum atomic E-state index is 14.2. The molecule has 1 aliphatic heterocycles. The van der Waals surface area contributed by atoms with Crippen LogP contribution >= 0.6 is 0 Å². The highest BCUT2D eigenvalue weighted by Crippen LogP contribution is 2.54. The molecule has 4 aliphatic rings. The van der Waals surface area contributed by atoms with Crippen molar-refractivity contribution in [3.05, 3.63) is 45.2 Å². The number of aryl methyl sites for hydroxylation is 1. The molecule has 1 heterocycles. The van der Waals surface area contributed by atoms with Gasteiger partial charge in [-0.25, -0.2) is 8.78 Å². The van der Waals surface area contributed by atoms with Crippen LogP contribution in [0.15, 0.2) is 23.0 Å². The van der Waals surface area contributed by atoms with E-state index >= 15 is 0 Å². The summed E-state index contributed by atoms with van der Waals surface area (Å²) in [7, 11) is 3.41. The number of aliphatic hydroxyl groups excluding tert-OH is 2. The Kier molecular flexibility index (Phi) is 7.23. The monoisotopic (exact) mass is 575 g/mol. The number of ketones is 1. The number of allylic oxidation sites excluding steroid dienone is 1. The predicted octanol–water partition coefficient (Wildman–Crippen LogP) is 2.82. The average molecular weight is 576 g/mol. The number of likely N-dealkylation sites (N-methyl/N-ethyl adjacent to an activating group) is 1. The minimum atomic E-state index is -2.70. The number of primary amides is 1. The van der Waals surface area contributed by atoms with Crippen LogP contribution in [0.3, 0.4) is 0 Å². The van der Waals surface area contributed by atoms with Gasteiger partial charge >= 0.3 is 0 Å². The zero-order valence-corrected chi connectivity index (χ0v) is 23.9. The Bertz CT molecular complexity index is 1360. The number of hydrogen-bond donors (Lipinski definition) is 5. The number of phenols is 1. The molecule has 5 atom stereocenters. The molecule has 3 aliphatic carbocycles. The molecule has 1 aromatic rings. The van der Waals surface area contributed by atoms with Crippen molar-refractivity contribution in [2.24, 2.45) is 23.5 Å². The number of phenolic OH excluding ortho intramolecular Hbond substituents is 1. The molecule has 1 saturated carbocycles. The number of Topliss-reactive ketones (excluding diaryl/α,β-unsaturated/α-hetero) is 1. The molecule has 41 heavy (non-hydrogen) atoms. The van der Waals surface area contributed by atoms with Gasteiger partial charge in [0.2, 0.25) is 0 Å². The SMILES string of the molecule is CCc1cc(CN2CCC(F)(F)CC2)c(O)c2c1CC1CC3C(C(=O)C1=C2O)C(C)(O)C(C(N)=O)=C(O)[C@H]3N(C)C. The molecular formula is C30H39F2N3O6. The summed E-state index contributed by atoms with van der Waals surface area (Å²) in [5.74, 6) is -7.40. The number of likely N-dealkylation sites (tertiary alicyclic amines) is 1. The van der Waals surface area contributed by atoms with E-state index < -0.39 is 52.6 Å². The van der Waals surface area contributed by atoms with Crippen LogP contribution in [0.1, 0.15) is 55.4 Å². The second-order valence-corrected chi connectivity index (χ2v) is 12.5. The first kappa shape index (κ1) is 29.5. The molecule has 0 bridgehead atoms. The smallest absolute Gasteiger partial charge is 0.251 e. The number of rotatable bonds is 5. The highest BCUT2D eigenvalue weighted by atomic mass is 19.3. The molecule has 1 saturated heterocycles. The molecular weight excluding hydrogens is 536 g/mol. The lowest BCUT2D eigenvalue weighted by Crippen LogP contribution is -2.61. The number of benzene rings is 1. The fraction of sp³-hybridized carbons (Fsp3) is 0.600. The zero-order chi connectivity index (χ0) is 30.2. The molecule has 4 unspecified atom stereocenters. The molecule has 1 aromatic carbocycles. The maximum absolute atomic E-state index is 14.2. The fourth-order valence-corrected chi connectivity index (χ4v) is 7.81. The lowest BCUT2D eigenvalue weighted by molar-refractivity contribution is -0.139. The summed E-state index contributed by atoms with van der Waals surface area (Å²) in [5.41, 5.74) is 5.37. The summed E-state index contributed by atoms with van der Waals surface area (Å²) in [6.07, 6.45) is 0.741. The highest BCUT2D eigenvalue weighted by Gasteiger charge is 2.60. The second-order valence-electron chi connectivity index (χ2n) is 12.5. The van der Waals surface area contributed by atoms with E-state index in [0.717, 1.165) is 11.1 Å². The van der Waals surface area contributed by atoms with Gasteiger partial charge < -0.3 is 26.2 Å². The number of amides is 1. The topological polar surface area (TPSA) is 148 Å². The van der Waals surface area contributed by atoms with Crippen LogP contribution in [0.4, 0.5) is 8.78 Å². The van der Waals surface area contributed by atoms with Crippen molar-refractivity contribution in [1.29, 1.82) is 0 Å². The van der Waals surface area contributed by atoms with Crippen LogP contribution in [-0.4, -0.2) is 86.7 Å². The van der Waals surface area contributed by atoms with E-state index in [0.29, 0.717) is 24.8 Å². The summed E-state index contributed by atoms with van der Waals surface area (Å²) < 4.78 is 27.4. The van der Waals surface area contributed by atoms with Gasteiger partial charge in [0.1, 0.15) is 22.9 Å². The number of aromatic hydroxyl groups is 1. The Morgan fingerprint density at radius 1 is 1.17 bits per heavy atom. The number of hydrogen-bond acceptors (Lipinski definition) is 8. The highest BCUT2D eigenvalue weighted by molar-refractivity contribution is 6.08. The van der Waals surface area contributed by atoms with Crippen LogP contribution in [-0.2, 0) is 29.0 Å². The lowest BCUT2D eigenvalue weighted by Gasteiger charge is -2.52. The number of fused-ring (bicyclic) bond motifs is 3. The largest absolute Gasteiger partial charge is 0.510 e. The first-order valence-electron chi connectivity index (χ1n) is 14.2. The van der Waals surface area contributed by atoms with E-state index in [4.69, 9.17) is 5.73 Å². The molecule has 2 fully saturated rings. The van der Waals surface area contributed by atoms with Gasteiger partial charge in [-0.2, -0.15) is 0 Å². The molecule has 0 aromatic heterocycles. The van der Waals surface area contributed by atoms with Crippen LogP contribution < -0.4 is 5.73 Å². The number of nitrogens with zero attached hydrogens (tertiary/aromatic N) is 2. The Morgan fingerprint density at radius 3 is 2.37 bits per heavy atom. The van der Waals surface area contributed by atoms with Gasteiger partial charge in [-0.3, -0.25) is 19.4 Å². The zero-order valence-electron chi connectivity index (χ0n) is 23.9. The Balaban J connectivity index is 1.60. The minimum Gasteiger partial charge on any atom is -0.510 e. The van der Waals surface area contributed by atoms with Gasteiger partial charge in [-0.05, 0) is 63.2 Å². The molecule has 1 amide bonds. The third kappa shape index (κ3) is 4.62. The summed E-state index contributed by atoms with van der Waals surface area (Å²) in [5, 5.41) is 45.6. The number of piperidine rings is 1. The van der Waals surface area contributed by atoms with Crippen LogP contribution in [0.2, 0.25) is 0 Å². The van der Waals surface area contributed by atoms with E-state index in [1.165, 1.54) is 6.92 Å². The summed E-state index contributed by atoms with van der Waals surface area (Å²) in [6.45, 7) is 3.80. The van der Waals surface area contributed by atoms with E-state index in [9.17, 15) is 38.8 Å². The number of alkyl halides is 2. The minimum absolute atomic E-state index is 0.0776. The molecule has 0 spiro atoms. The van der Waals surface area contributed by atoms with Crippen molar-refractivity contribution in [2.75, 3.05) is 27.2 Å². The number of nitrogens with two attached hydrogens (primary N) is 1. The van der Waals surface area contributed by atoms with Gasteiger partial charge in [0.15, 0.2) is 5.78 Å². The van der Waals surface area contributed by atoms with E-state index in [1.54, 1.807) is 19.0 Å². The van der Waals surface area contributed by atoms with Crippen molar-refractivity contribution in [3.8, 4) is 5.75 Å². The summed E-state index contributed by atoms with van der Waals surface area (Å²) in [4.78, 5) is 30.1. The Labute approximate surface area is 237 Å². The van der Waals surface area contributed by atoms with Gasteiger partial charge in [-0.1, -0.05) is 13.0 Å². The number of halogens is 2. The second kappa shape index (κ2) is 10.1. The van der Waals surface area contributed by atoms with E-state index in [2.05, 4.69) is 0 Å². The van der Waals surface area contributed by atoms with E-state index in [1.807, 2.05) is 17.9 Å². The standard InChI is InChI=1S/C30H39F2N3O6/c1-5-14-10-16(13-35-8-6-30(31,32)7-9-35)24(36)20-17(14)11-15-12-18-21(26(38)19(15)25(20)37)29(2,41)22(28(33)40)27(39)23(18)34(3)4/h10,15,18,21,23,36-37,39,41H,5-9,11-13H2,1-4H3,(H2,33,40)/t15?,18?,21?,23-,29?/m0/s1. The molecule has 11 heteroatoms. The quantitative estimate of drug-likeness (QED) is 0.360. The van der Waals surface area contributed by atoms with Gasteiger partial charge in [-0.15, -0.1) is 0 Å². The lowest BCUT2D eigenvalue weighted by atomic mass is 9.55. The van der Waals surface area contributed by atoms with Gasteiger partial charge in [0.25, 0.3) is 11.8 Å². The first-order chi connectivity index (χ1) is 19.1. The molecule has 5 rings (SSSR count). The van der Waals surface area contributed by atoms with Crippen LogP contribution in [0.5, 0.6) is 5.75 Å². The van der Waals surface area contributed by atoms with Crippen LogP contribution in [0.25, 0.3) is 5.76 Å². The summed E-state index contributed by atoms with van der Waals surface area (Å²) >= 11 is 0. The summed E-state index contributed by atoms with van der Waals surface area (Å²) in [6, 6.07) is 1.10. The van der Waals surface area contributed by atoms with Crippen molar-refractivity contribution in [2.45, 2.75) is 70.1 Å². The molecule has 9 nitrogen and oxygen atoms in total. The number of aliphatic hydroxyl groups is 3. The normalized spacial score (nSPS) is 31.7. The third-order valence-corrected chi connectivity index (χ3v) is 9.68. The molecule has 6 N–H and O–H groups in total. The number of carbonyl (C=O) groups excluding carboxylic acids is 2. The fourth-order valence-electron chi connectivity index (χ4n) is 7.81. The van der Waals surface area contributed by atoms with E-state index in [-0.39, 0.29) is 60.9 Å². The third-order valence-electron chi connectivity index (χ3n) is 9.68. The van der Waals surface area contributed by atoms with Crippen LogP contribution in [0, 0.1) is 17.8 Å². The predicted molar refractivity (Wildman–Crippen MR) is 147 cm³/mol. The maximum Gasteiger partial charge on any atom is 0.251 e. The van der Waals surface area contributed by atoms with Gasteiger partial charge in [0, 0.05) is 43.6 Å². The first-order valence-corrected chi connectivity index (χ1v) is 14.2. The van der Waals surface area contributed by atoms with Crippen molar-refractivity contribution in [3.63, 3.8) is 0 Å². The van der Waals surface area contributed by atoms with Crippen molar-refractivity contribution < 1.29 is 38.8 Å². The number of carbonyl (C=O) groups is 2. The average Bonchev–Trinajstić information content (AvgIpc) is 2.85. The molecule has 0 radical (unpaired) electrons.